The molecule has 2 amide bonds. The van der Waals surface area contributed by atoms with Crippen molar-refractivity contribution in [1.82, 2.24) is 10.6 Å². The van der Waals surface area contributed by atoms with E-state index >= 15 is 0 Å². The van der Waals surface area contributed by atoms with E-state index in [0.717, 1.165) is 0 Å². The van der Waals surface area contributed by atoms with E-state index in [0.29, 0.717) is 22.8 Å². The summed E-state index contributed by atoms with van der Waals surface area (Å²) in [6.45, 7) is 0.216. The molecule has 0 bridgehead atoms. The Morgan fingerprint density at radius 3 is 2.09 bits per heavy atom. The minimum Gasteiger partial charge on any atom is -0.496 e. The number of amides is 2. The monoisotopic (exact) mass is 312 g/mol. The number of nitrogens with one attached hydrogen (secondary N) is 2. The smallest absolute Gasteiger partial charge is 0.315 e. The van der Waals surface area contributed by atoms with Gasteiger partial charge in [-0.2, -0.15) is 0 Å². The normalized spacial score (nSPS) is 9.77. The number of urea groups is 1. The fourth-order valence-electron chi connectivity index (χ4n) is 1.77. The first-order chi connectivity index (χ1) is 10.5. The third-order valence-electron chi connectivity index (χ3n) is 2.87. The van der Waals surface area contributed by atoms with Crippen LogP contribution in [0.1, 0.15) is 12.0 Å². The molecule has 0 heterocycles. The van der Waals surface area contributed by atoms with Crippen LogP contribution in [0.4, 0.5) is 4.79 Å². The van der Waals surface area contributed by atoms with E-state index in [1.165, 1.54) is 21.3 Å². The first-order valence-corrected chi connectivity index (χ1v) is 6.54. The van der Waals surface area contributed by atoms with Gasteiger partial charge in [0.15, 0.2) is 0 Å². The van der Waals surface area contributed by atoms with Crippen molar-refractivity contribution in [3.8, 4) is 17.2 Å². The second-order valence-electron chi connectivity index (χ2n) is 4.26. The number of carbonyl (C=O) groups excluding carboxylic acids is 1. The molecule has 0 radical (unpaired) electrons. The Morgan fingerprint density at radius 2 is 1.64 bits per heavy atom. The number of ether oxygens (including phenoxy) is 3. The van der Waals surface area contributed by atoms with Crippen LogP contribution in [0.3, 0.4) is 0 Å². The van der Waals surface area contributed by atoms with Gasteiger partial charge < -0.3 is 30.0 Å². The van der Waals surface area contributed by atoms with Crippen LogP contribution in [-0.2, 0) is 11.3 Å². The van der Waals surface area contributed by atoms with E-state index in [4.69, 9.17) is 19.3 Å². The van der Waals surface area contributed by atoms with Crippen molar-refractivity contribution < 1.29 is 28.9 Å². The molecule has 0 unspecified atom stereocenters. The number of rotatable bonds is 8. The zero-order chi connectivity index (χ0) is 16.5. The van der Waals surface area contributed by atoms with Crippen LogP contribution in [0.5, 0.6) is 17.2 Å². The Hall–Kier alpha value is -2.64. The molecule has 0 aliphatic heterocycles. The molecule has 1 aromatic carbocycles. The molecule has 0 atom stereocenters. The van der Waals surface area contributed by atoms with Crippen LogP contribution in [0.2, 0.25) is 0 Å². The summed E-state index contributed by atoms with van der Waals surface area (Å²) in [5.74, 6) is 0.631. The van der Waals surface area contributed by atoms with E-state index in [2.05, 4.69) is 10.6 Å². The Morgan fingerprint density at radius 1 is 1.05 bits per heavy atom. The Balaban J connectivity index is 2.71. The van der Waals surface area contributed by atoms with Gasteiger partial charge in [-0.05, 0) is 0 Å². The largest absolute Gasteiger partial charge is 0.496 e. The molecule has 0 aromatic heterocycles. The SMILES string of the molecule is COc1cc(OC)c(CNC(=O)NCCC(=O)O)c(OC)c1. The highest BCUT2D eigenvalue weighted by molar-refractivity contribution is 5.75. The number of carbonyl (C=O) groups is 2. The van der Waals surface area contributed by atoms with Crippen molar-refractivity contribution in [2.75, 3.05) is 27.9 Å². The predicted molar refractivity (Wildman–Crippen MR) is 78.6 cm³/mol. The second kappa shape index (κ2) is 8.60. The van der Waals surface area contributed by atoms with Crippen molar-refractivity contribution in [2.24, 2.45) is 0 Å². The summed E-state index contributed by atoms with van der Waals surface area (Å²) < 4.78 is 15.7. The van der Waals surface area contributed by atoms with Gasteiger partial charge >= 0.3 is 12.0 Å². The number of carboxylic acid groups (broad SMARTS) is 1. The van der Waals surface area contributed by atoms with Gasteiger partial charge in [0, 0.05) is 18.7 Å². The molecule has 22 heavy (non-hydrogen) atoms. The van der Waals surface area contributed by atoms with E-state index < -0.39 is 12.0 Å². The minimum atomic E-state index is -0.973. The van der Waals surface area contributed by atoms with Crippen LogP contribution in [0.25, 0.3) is 0 Å². The molecule has 1 aromatic rings. The zero-order valence-electron chi connectivity index (χ0n) is 12.8. The van der Waals surface area contributed by atoms with E-state index in [9.17, 15) is 9.59 Å². The fourth-order valence-corrected chi connectivity index (χ4v) is 1.77. The molecular weight excluding hydrogens is 292 g/mol. The molecule has 0 aliphatic carbocycles. The maximum absolute atomic E-state index is 11.6. The standard InChI is InChI=1S/C14H20N2O6/c1-20-9-6-11(21-2)10(12(7-9)22-3)8-16-14(19)15-5-4-13(17)18/h6-7H,4-5,8H2,1-3H3,(H,17,18)(H2,15,16,19). The minimum absolute atomic E-state index is 0.0536. The molecule has 0 saturated heterocycles. The number of hydrogen-bond acceptors (Lipinski definition) is 5. The molecule has 8 heteroatoms. The third kappa shape index (κ3) is 5.04. The van der Waals surface area contributed by atoms with Gasteiger partial charge in [-0.15, -0.1) is 0 Å². The lowest BCUT2D eigenvalue weighted by atomic mass is 10.1. The number of aliphatic carboxylic acids is 1. The highest BCUT2D eigenvalue weighted by Crippen LogP contribution is 2.33. The van der Waals surface area contributed by atoms with Crippen LogP contribution in [-0.4, -0.2) is 45.0 Å². The average molecular weight is 312 g/mol. The maximum atomic E-state index is 11.6. The zero-order valence-corrected chi connectivity index (χ0v) is 12.8. The van der Waals surface area contributed by atoms with Crippen molar-refractivity contribution in [3.05, 3.63) is 17.7 Å². The predicted octanol–water partition coefficient (Wildman–Crippen LogP) is 0.986. The topological polar surface area (TPSA) is 106 Å². The quantitative estimate of drug-likeness (QED) is 0.661. The van der Waals surface area contributed by atoms with Gasteiger partial charge in [0.2, 0.25) is 0 Å². The summed E-state index contributed by atoms with van der Waals surface area (Å²) in [6.07, 6.45) is -0.136. The van der Waals surface area contributed by atoms with Crippen LogP contribution in [0, 0.1) is 0 Å². The average Bonchev–Trinajstić information content (AvgIpc) is 2.51. The summed E-state index contributed by atoms with van der Waals surface area (Å²) in [5, 5.41) is 13.6. The van der Waals surface area contributed by atoms with Gasteiger partial charge in [-0.1, -0.05) is 0 Å². The van der Waals surface area contributed by atoms with Gasteiger partial charge in [0.25, 0.3) is 0 Å². The molecule has 8 nitrogen and oxygen atoms in total. The molecule has 0 spiro atoms. The Bertz CT molecular complexity index is 507. The summed E-state index contributed by atoms with van der Waals surface area (Å²) in [7, 11) is 4.54. The van der Waals surface area contributed by atoms with Crippen LogP contribution < -0.4 is 24.8 Å². The van der Waals surface area contributed by atoms with Crippen molar-refractivity contribution in [1.29, 1.82) is 0 Å². The second-order valence-corrected chi connectivity index (χ2v) is 4.26. The van der Waals surface area contributed by atoms with Gasteiger partial charge in [-0.3, -0.25) is 4.79 Å². The van der Waals surface area contributed by atoms with E-state index in [1.54, 1.807) is 12.1 Å². The van der Waals surface area contributed by atoms with Gasteiger partial charge in [-0.25, -0.2) is 4.79 Å². The number of hydrogen-bond donors (Lipinski definition) is 3. The molecule has 122 valence electrons. The third-order valence-corrected chi connectivity index (χ3v) is 2.87. The molecule has 0 fully saturated rings. The van der Waals surface area contributed by atoms with Crippen molar-refractivity contribution >= 4 is 12.0 Å². The lowest BCUT2D eigenvalue weighted by molar-refractivity contribution is -0.136. The van der Waals surface area contributed by atoms with Crippen LogP contribution in [0.15, 0.2) is 12.1 Å². The molecule has 1 rings (SSSR count). The highest BCUT2D eigenvalue weighted by atomic mass is 16.5. The van der Waals surface area contributed by atoms with Crippen LogP contribution >= 0.6 is 0 Å². The summed E-state index contributed by atoms with van der Waals surface area (Å²) in [5.41, 5.74) is 0.652. The van der Waals surface area contributed by atoms with E-state index in [-0.39, 0.29) is 19.5 Å². The number of carboxylic acids is 1. The van der Waals surface area contributed by atoms with Crippen molar-refractivity contribution in [2.45, 2.75) is 13.0 Å². The Kier molecular flexibility index (Phi) is 6.81. The van der Waals surface area contributed by atoms with Gasteiger partial charge in [0.1, 0.15) is 17.2 Å². The summed E-state index contributed by atoms with van der Waals surface area (Å²) in [6, 6.07) is 2.89. The highest BCUT2D eigenvalue weighted by Gasteiger charge is 2.14. The summed E-state index contributed by atoms with van der Waals surface area (Å²) in [4.78, 5) is 22.0. The summed E-state index contributed by atoms with van der Waals surface area (Å²) >= 11 is 0. The van der Waals surface area contributed by atoms with Crippen molar-refractivity contribution in [3.63, 3.8) is 0 Å². The number of methoxy groups -OCH3 is 3. The number of benzene rings is 1. The molecule has 0 aliphatic rings. The first-order valence-electron chi connectivity index (χ1n) is 6.54. The maximum Gasteiger partial charge on any atom is 0.315 e. The lowest BCUT2D eigenvalue weighted by Crippen LogP contribution is -2.36. The lowest BCUT2D eigenvalue weighted by Gasteiger charge is -2.15. The fraction of sp³-hybridized carbons (Fsp3) is 0.429. The Labute approximate surface area is 128 Å². The first kappa shape index (κ1) is 17.4. The molecule has 0 saturated carbocycles. The molecular formula is C14H20N2O6. The van der Waals surface area contributed by atoms with E-state index in [1.807, 2.05) is 0 Å². The molecule has 3 N–H and O–H groups in total. The van der Waals surface area contributed by atoms with Gasteiger partial charge in [0.05, 0.1) is 39.9 Å².